The highest BCUT2D eigenvalue weighted by Crippen LogP contribution is 2.21. The third-order valence-electron chi connectivity index (χ3n) is 4.02. The van der Waals surface area contributed by atoms with E-state index in [-0.39, 0.29) is 6.09 Å². The maximum Gasteiger partial charge on any atom is 0.410 e. The molecule has 0 fully saturated rings. The van der Waals surface area contributed by atoms with Gasteiger partial charge in [-0.3, -0.25) is 0 Å². The summed E-state index contributed by atoms with van der Waals surface area (Å²) in [5, 5.41) is 0. The zero-order valence-electron chi connectivity index (χ0n) is 12.8. The van der Waals surface area contributed by atoms with Crippen molar-refractivity contribution in [1.82, 2.24) is 9.74 Å². The van der Waals surface area contributed by atoms with Crippen LogP contribution in [0, 0.1) is 0 Å². The lowest BCUT2D eigenvalue weighted by Gasteiger charge is -2.28. The Labute approximate surface area is 141 Å². The molecule has 0 unspecified atom stereocenters. The van der Waals surface area contributed by atoms with Crippen molar-refractivity contribution in [3.8, 4) is 0 Å². The summed E-state index contributed by atoms with van der Waals surface area (Å²) in [4.78, 5) is 16.6. The van der Waals surface area contributed by atoms with E-state index in [1.807, 2.05) is 30.3 Å². The molecule has 1 aliphatic rings. The first-order valence-corrected chi connectivity index (χ1v) is 8.04. The monoisotopic (exact) mass is 330 g/mol. The van der Waals surface area contributed by atoms with Gasteiger partial charge >= 0.3 is 6.09 Å². The van der Waals surface area contributed by atoms with E-state index in [9.17, 15) is 4.79 Å². The van der Waals surface area contributed by atoms with Gasteiger partial charge in [0.1, 0.15) is 6.61 Å². The first-order chi connectivity index (χ1) is 11.3. The molecule has 0 aliphatic carbocycles. The molecule has 1 amide bonds. The van der Waals surface area contributed by atoms with Crippen molar-refractivity contribution in [2.45, 2.75) is 26.1 Å². The Hall–Kier alpha value is -2.04. The maximum absolute atomic E-state index is 12.3. The Morgan fingerprint density at radius 3 is 2.74 bits per heavy atom. The first kappa shape index (κ1) is 15.8. The van der Waals surface area contributed by atoms with Crippen LogP contribution in [-0.2, 0) is 30.9 Å². The Kier molecular flexibility index (Phi) is 5.16. The van der Waals surface area contributed by atoms with Crippen LogP contribution in [0.4, 0.5) is 4.79 Å². The minimum atomic E-state index is -0.264. The van der Waals surface area contributed by atoms with Crippen LogP contribution in [0.5, 0.6) is 0 Å². The Balaban J connectivity index is 1.61. The summed E-state index contributed by atoms with van der Waals surface area (Å²) in [6.07, 6.45) is 0.588. The van der Waals surface area contributed by atoms with Crippen molar-refractivity contribution in [3.63, 3.8) is 0 Å². The van der Waals surface area contributed by atoms with Crippen LogP contribution >= 0.6 is 11.8 Å². The first-order valence-electron chi connectivity index (χ1n) is 7.66. The minimum Gasteiger partial charge on any atom is -0.445 e. The number of hydrogen-bond acceptors (Lipinski definition) is 3. The largest absolute Gasteiger partial charge is 0.445 e. The zero-order chi connectivity index (χ0) is 16.1. The fraction of sp³-hybridized carbons (Fsp3) is 0.278. The van der Waals surface area contributed by atoms with Crippen molar-refractivity contribution in [3.05, 3.63) is 70.8 Å². The molecule has 1 N–H and O–H groups in total. The highest BCUT2D eigenvalue weighted by Gasteiger charge is 2.22. The number of benzene rings is 2. The van der Waals surface area contributed by atoms with E-state index in [1.165, 1.54) is 5.56 Å². The van der Waals surface area contributed by atoms with Crippen LogP contribution in [0.15, 0.2) is 48.5 Å². The molecule has 23 heavy (non-hydrogen) atoms. The third-order valence-corrected chi connectivity index (χ3v) is 4.15. The summed E-state index contributed by atoms with van der Waals surface area (Å²) in [6, 6.07) is 16.0. The van der Waals surface area contributed by atoms with Crippen LogP contribution < -0.4 is 4.84 Å². The van der Waals surface area contributed by atoms with E-state index in [4.69, 9.17) is 16.5 Å². The number of nitrogens with one attached hydrogen (secondary N) is 1. The van der Waals surface area contributed by atoms with E-state index in [2.05, 4.69) is 23.0 Å². The molecule has 5 heteroatoms. The second-order valence-corrected chi connectivity index (χ2v) is 5.89. The van der Waals surface area contributed by atoms with Crippen LogP contribution in [0.2, 0.25) is 0 Å². The van der Waals surface area contributed by atoms with Gasteiger partial charge < -0.3 is 9.64 Å². The third kappa shape index (κ3) is 4.03. The normalized spacial score (nSPS) is 13.5. The van der Waals surface area contributed by atoms with Gasteiger partial charge in [-0.05, 0) is 40.5 Å². The number of hydrogen-bond donors (Lipinski definition) is 1. The van der Waals surface area contributed by atoms with Gasteiger partial charge in [-0.1, -0.05) is 48.5 Å². The molecular formula is C18H19ClN2O2. The second kappa shape index (κ2) is 7.49. The van der Waals surface area contributed by atoms with Gasteiger partial charge in [0.05, 0.1) is 0 Å². The van der Waals surface area contributed by atoms with Crippen LogP contribution in [0.3, 0.4) is 0 Å². The Morgan fingerprint density at radius 2 is 1.96 bits per heavy atom. The fourth-order valence-corrected chi connectivity index (χ4v) is 2.92. The predicted octanol–water partition coefficient (Wildman–Crippen LogP) is 3.62. The van der Waals surface area contributed by atoms with Gasteiger partial charge in [0.2, 0.25) is 0 Å². The molecule has 2 aromatic carbocycles. The van der Waals surface area contributed by atoms with Crippen LogP contribution in [0.1, 0.15) is 22.3 Å². The molecule has 4 nitrogen and oxygen atoms in total. The molecule has 1 aliphatic heterocycles. The van der Waals surface area contributed by atoms with Gasteiger partial charge in [0, 0.05) is 19.6 Å². The van der Waals surface area contributed by atoms with Crippen molar-refractivity contribution in [2.75, 3.05) is 6.54 Å². The predicted molar refractivity (Wildman–Crippen MR) is 89.9 cm³/mol. The molecule has 0 saturated heterocycles. The summed E-state index contributed by atoms with van der Waals surface area (Å²) >= 11 is 5.56. The maximum atomic E-state index is 12.3. The van der Waals surface area contributed by atoms with E-state index in [0.717, 1.165) is 23.1 Å². The molecule has 3 rings (SSSR count). The molecular weight excluding hydrogens is 312 g/mol. The average Bonchev–Trinajstić information content (AvgIpc) is 2.60. The van der Waals surface area contributed by atoms with Crippen LogP contribution in [-0.4, -0.2) is 17.5 Å². The number of rotatable bonds is 4. The average molecular weight is 331 g/mol. The minimum absolute atomic E-state index is 0.264. The molecule has 0 aromatic heterocycles. The van der Waals surface area contributed by atoms with E-state index >= 15 is 0 Å². The number of ether oxygens (including phenoxy) is 1. The quantitative estimate of drug-likeness (QED) is 0.870. The number of nitrogens with zero attached hydrogens (tertiary/aromatic N) is 1. The highest BCUT2D eigenvalue weighted by atomic mass is 35.5. The standard InChI is InChI=1S/C18H19ClN2O2/c19-20-11-15-6-7-16-8-9-21(12-17(16)10-15)18(22)23-13-14-4-2-1-3-5-14/h1-7,10,20H,8-9,11-13H2. The highest BCUT2D eigenvalue weighted by molar-refractivity contribution is 6.13. The summed E-state index contributed by atoms with van der Waals surface area (Å²) in [6.45, 7) is 2.18. The van der Waals surface area contributed by atoms with Gasteiger partial charge in [-0.15, -0.1) is 0 Å². The fourth-order valence-electron chi connectivity index (χ4n) is 2.76. The van der Waals surface area contributed by atoms with Crippen molar-refractivity contribution >= 4 is 17.9 Å². The summed E-state index contributed by atoms with van der Waals surface area (Å²) < 4.78 is 5.41. The van der Waals surface area contributed by atoms with Gasteiger partial charge in [0.15, 0.2) is 0 Å². The summed E-state index contributed by atoms with van der Waals surface area (Å²) in [5.41, 5.74) is 4.56. The SMILES string of the molecule is O=C(OCc1ccccc1)N1CCc2ccc(CNCl)cc2C1. The van der Waals surface area contributed by atoms with E-state index < -0.39 is 0 Å². The number of halogens is 1. The van der Waals surface area contributed by atoms with Gasteiger partial charge in [0.25, 0.3) is 0 Å². The van der Waals surface area contributed by atoms with Gasteiger partial charge in [-0.25, -0.2) is 9.63 Å². The molecule has 0 radical (unpaired) electrons. The zero-order valence-corrected chi connectivity index (χ0v) is 13.6. The Morgan fingerprint density at radius 1 is 1.13 bits per heavy atom. The van der Waals surface area contributed by atoms with E-state index in [1.54, 1.807) is 4.90 Å². The van der Waals surface area contributed by atoms with Crippen molar-refractivity contribution < 1.29 is 9.53 Å². The number of carbonyl (C=O) groups excluding carboxylic acids is 1. The lowest BCUT2D eigenvalue weighted by molar-refractivity contribution is 0.0918. The number of fused-ring (bicyclic) bond motifs is 1. The summed E-state index contributed by atoms with van der Waals surface area (Å²) in [5.74, 6) is 0. The Bertz CT molecular complexity index is 676. The second-order valence-electron chi connectivity index (χ2n) is 5.63. The van der Waals surface area contributed by atoms with Gasteiger partial charge in [-0.2, -0.15) is 0 Å². The molecule has 120 valence electrons. The topological polar surface area (TPSA) is 41.6 Å². The molecule has 0 atom stereocenters. The molecule has 0 saturated carbocycles. The van der Waals surface area contributed by atoms with E-state index in [0.29, 0.717) is 26.2 Å². The smallest absolute Gasteiger partial charge is 0.410 e. The van der Waals surface area contributed by atoms with Crippen molar-refractivity contribution in [1.29, 1.82) is 0 Å². The van der Waals surface area contributed by atoms with Crippen LogP contribution in [0.25, 0.3) is 0 Å². The lowest BCUT2D eigenvalue weighted by atomic mass is 9.97. The number of carbonyl (C=O) groups is 1. The molecule has 2 aromatic rings. The molecule has 0 bridgehead atoms. The molecule has 0 spiro atoms. The number of amides is 1. The summed E-state index contributed by atoms with van der Waals surface area (Å²) in [7, 11) is 0. The van der Waals surface area contributed by atoms with Crippen molar-refractivity contribution in [2.24, 2.45) is 0 Å². The molecule has 1 heterocycles. The lowest BCUT2D eigenvalue weighted by Crippen LogP contribution is -2.36.